The Morgan fingerprint density at radius 1 is 1.16 bits per heavy atom. The van der Waals surface area contributed by atoms with Crippen LogP contribution in [0.1, 0.15) is 19.3 Å². The lowest BCUT2D eigenvalue weighted by molar-refractivity contribution is 0.221. The van der Waals surface area contributed by atoms with Crippen LogP contribution in [0.4, 0.5) is 0 Å². The van der Waals surface area contributed by atoms with Crippen LogP contribution in [0.15, 0.2) is 23.0 Å². The van der Waals surface area contributed by atoms with Gasteiger partial charge in [0.2, 0.25) is 0 Å². The van der Waals surface area contributed by atoms with E-state index < -0.39 is 0 Å². The monoisotopic (exact) mass is 279 g/mol. The first-order valence-corrected chi connectivity index (χ1v) is 7.23. The minimum atomic E-state index is -0.0693. The molecule has 0 unspecified atom stereocenters. The Bertz CT molecular complexity index is 625. The molecule has 1 aliphatic heterocycles. The van der Waals surface area contributed by atoms with E-state index >= 15 is 0 Å². The molecule has 1 fully saturated rings. The van der Waals surface area contributed by atoms with Gasteiger partial charge >= 0.3 is 5.69 Å². The van der Waals surface area contributed by atoms with Gasteiger partial charge in [-0.2, -0.15) is 0 Å². The fourth-order valence-corrected chi connectivity index (χ4v) is 3.01. The first kappa shape index (κ1) is 12.8. The second-order valence-electron chi connectivity index (χ2n) is 5.12. The maximum absolute atomic E-state index is 12.0. The summed E-state index contributed by atoms with van der Waals surface area (Å²) >= 11 is 6.10. The van der Waals surface area contributed by atoms with Crippen LogP contribution >= 0.6 is 11.6 Å². The molecule has 0 aliphatic carbocycles. The number of piperidine rings is 1. The number of hydrogen-bond donors (Lipinski definition) is 1. The van der Waals surface area contributed by atoms with E-state index in [1.54, 1.807) is 10.6 Å². The smallest absolute Gasteiger partial charge is 0.304 e. The maximum Gasteiger partial charge on any atom is 0.326 e. The van der Waals surface area contributed by atoms with Crippen molar-refractivity contribution < 1.29 is 0 Å². The van der Waals surface area contributed by atoms with E-state index in [2.05, 4.69) is 9.88 Å². The van der Waals surface area contributed by atoms with Crippen molar-refractivity contribution in [3.63, 3.8) is 0 Å². The molecule has 19 heavy (non-hydrogen) atoms. The molecular formula is C14H18ClN3O. The summed E-state index contributed by atoms with van der Waals surface area (Å²) < 4.78 is 1.79. The molecule has 0 radical (unpaired) electrons. The number of aromatic nitrogens is 2. The molecule has 1 N–H and O–H groups in total. The van der Waals surface area contributed by atoms with E-state index in [-0.39, 0.29) is 5.69 Å². The van der Waals surface area contributed by atoms with Gasteiger partial charge in [0.25, 0.3) is 0 Å². The predicted molar refractivity (Wildman–Crippen MR) is 77.9 cm³/mol. The molecule has 0 spiro atoms. The highest BCUT2D eigenvalue weighted by molar-refractivity contribution is 6.34. The Balaban J connectivity index is 1.82. The number of benzene rings is 1. The van der Waals surface area contributed by atoms with Gasteiger partial charge in [0.1, 0.15) is 0 Å². The summed E-state index contributed by atoms with van der Waals surface area (Å²) in [6.07, 6.45) is 3.88. The number of fused-ring (bicyclic) bond motifs is 1. The summed E-state index contributed by atoms with van der Waals surface area (Å²) in [7, 11) is 0. The molecule has 2 aromatic rings. The standard InChI is InChI=1S/C14H18ClN3O/c15-11-5-4-6-12-13(11)16-14(19)18(12)10-9-17-7-2-1-3-8-17/h4-6H,1-3,7-10H2,(H,16,19). The van der Waals surface area contributed by atoms with Crippen LogP contribution < -0.4 is 5.69 Å². The van der Waals surface area contributed by atoms with Crippen molar-refractivity contribution in [3.05, 3.63) is 33.7 Å². The second kappa shape index (κ2) is 5.39. The van der Waals surface area contributed by atoms with Gasteiger partial charge in [-0.15, -0.1) is 0 Å². The number of para-hydroxylation sites is 1. The number of halogens is 1. The lowest BCUT2D eigenvalue weighted by Gasteiger charge is -2.26. The topological polar surface area (TPSA) is 41.0 Å². The van der Waals surface area contributed by atoms with Crippen molar-refractivity contribution in [1.29, 1.82) is 0 Å². The van der Waals surface area contributed by atoms with Crippen molar-refractivity contribution in [3.8, 4) is 0 Å². The lowest BCUT2D eigenvalue weighted by atomic mass is 10.1. The molecule has 3 rings (SSSR count). The van der Waals surface area contributed by atoms with Gasteiger partial charge in [0, 0.05) is 13.1 Å². The summed E-state index contributed by atoms with van der Waals surface area (Å²) in [5.74, 6) is 0. The van der Waals surface area contributed by atoms with Gasteiger partial charge in [-0.05, 0) is 38.1 Å². The van der Waals surface area contributed by atoms with Crippen molar-refractivity contribution in [1.82, 2.24) is 14.5 Å². The number of nitrogens with zero attached hydrogens (tertiary/aromatic N) is 2. The van der Waals surface area contributed by atoms with Crippen LogP contribution in [0.5, 0.6) is 0 Å². The molecule has 0 bridgehead atoms. The molecule has 102 valence electrons. The highest BCUT2D eigenvalue weighted by Crippen LogP contribution is 2.20. The Morgan fingerprint density at radius 2 is 1.95 bits per heavy atom. The van der Waals surface area contributed by atoms with Gasteiger partial charge in [-0.25, -0.2) is 4.79 Å². The third-order valence-corrected chi connectivity index (χ3v) is 4.16. The summed E-state index contributed by atoms with van der Waals surface area (Å²) in [5, 5.41) is 0.603. The van der Waals surface area contributed by atoms with Crippen molar-refractivity contribution in [2.45, 2.75) is 25.8 Å². The zero-order valence-electron chi connectivity index (χ0n) is 10.9. The summed E-state index contributed by atoms with van der Waals surface area (Å²) in [6, 6.07) is 5.62. The quantitative estimate of drug-likeness (QED) is 0.938. The summed E-state index contributed by atoms with van der Waals surface area (Å²) in [5.41, 5.74) is 1.57. The molecule has 0 saturated carbocycles. The van der Waals surface area contributed by atoms with E-state index in [1.165, 1.54) is 19.3 Å². The summed E-state index contributed by atoms with van der Waals surface area (Å²) in [6.45, 7) is 3.95. The lowest BCUT2D eigenvalue weighted by Crippen LogP contribution is -2.34. The maximum atomic E-state index is 12.0. The first-order chi connectivity index (χ1) is 9.25. The van der Waals surface area contributed by atoms with Crippen molar-refractivity contribution >= 4 is 22.6 Å². The van der Waals surface area contributed by atoms with Gasteiger partial charge in [0.15, 0.2) is 0 Å². The predicted octanol–water partition coefficient (Wildman–Crippen LogP) is 2.47. The molecule has 0 amide bonds. The normalized spacial score (nSPS) is 17.1. The Kier molecular flexibility index (Phi) is 3.62. The molecular weight excluding hydrogens is 262 g/mol. The van der Waals surface area contributed by atoms with E-state index in [1.807, 2.05) is 12.1 Å². The van der Waals surface area contributed by atoms with Gasteiger partial charge in [-0.3, -0.25) is 4.57 Å². The number of likely N-dealkylation sites (tertiary alicyclic amines) is 1. The van der Waals surface area contributed by atoms with Crippen LogP contribution in [0, 0.1) is 0 Å². The van der Waals surface area contributed by atoms with Crippen LogP contribution in [-0.2, 0) is 6.54 Å². The highest BCUT2D eigenvalue weighted by atomic mass is 35.5. The number of nitrogens with one attached hydrogen (secondary N) is 1. The average molecular weight is 280 g/mol. The number of rotatable bonds is 3. The number of hydrogen-bond acceptors (Lipinski definition) is 2. The van der Waals surface area contributed by atoms with Crippen molar-refractivity contribution in [2.24, 2.45) is 0 Å². The van der Waals surface area contributed by atoms with Crippen LogP contribution in [0.25, 0.3) is 11.0 Å². The number of H-pyrrole nitrogens is 1. The van der Waals surface area contributed by atoms with Gasteiger partial charge in [-0.1, -0.05) is 24.1 Å². The molecule has 1 aliphatic rings. The first-order valence-electron chi connectivity index (χ1n) is 6.85. The number of aromatic amines is 1. The molecule has 4 nitrogen and oxygen atoms in total. The summed E-state index contributed by atoms with van der Waals surface area (Å²) in [4.78, 5) is 17.3. The Morgan fingerprint density at radius 3 is 2.74 bits per heavy atom. The molecule has 5 heteroatoms. The van der Waals surface area contributed by atoms with Gasteiger partial charge < -0.3 is 9.88 Å². The minimum Gasteiger partial charge on any atom is -0.304 e. The highest BCUT2D eigenvalue weighted by Gasteiger charge is 2.12. The van der Waals surface area contributed by atoms with Crippen LogP contribution in [0.2, 0.25) is 5.02 Å². The van der Waals surface area contributed by atoms with Gasteiger partial charge in [0.05, 0.1) is 16.1 Å². The number of imidazole rings is 1. The van der Waals surface area contributed by atoms with Crippen LogP contribution in [-0.4, -0.2) is 34.1 Å². The van der Waals surface area contributed by atoms with E-state index in [0.717, 1.165) is 37.2 Å². The molecule has 1 aromatic carbocycles. The fraction of sp³-hybridized carbons (Fsp3) is 0.500. The SMILES string of the molecule is O=c1[nH]c2c(Cl)cccc2n1CCN1CCCCC1. The minimum absolute atomic E-state index is 0.0693. The van der Waals surface area contributed by atoms with Crippen LogP contribution in [0.3, 0.4) is 0 Å². The Labute approximate surface area is 117 Å². The Hall–Kier alpha value is -1.26. The second-order valence-corrected chi connectivity index (χ2v) is 5.53. The zero-order chi connectivity index (χ0) is 13.2. The van der Waals surface area contributed by atoms with E-state index in [0.29, 0.717) is 5.02 Å². The molecule has 0 atom stereocenters. The van der Waals surface area contributed by atoms with E-state index in [4.69, 9.17) is 11.6 Å². The van der Waals surface area contributed by atoms with Crippen molar-refractivity contribution in [2.75, 3.05) is 19.6 Å². The fourth-order valence-electron chi connectivity index (χ4n) is 2.79. The largest absolute Gasteiger partial charge is 0.326 e. The van der Waals surface area contributed by atoms with E-state index in [9.17, 15) is 4.79 Å². The third-order valence-electron chi connectivity index (χ3n) is 3.85. The zero-order valence-corrected chi connectivity index (χ0v) is 11.6. The molecule has 1 aromatic heterocycles. The molecule has 1 saturated heterocycles. The average Bonchev–Trinajstić information content (AvgIpc) is 2.75. The third kappa shape index (κ3) is 2.55. The molecule has 2 heterocycles.